The number of hydrogen-bond donors (Lipinski definition) is 0. The van der Waals surface area contributed by atoms with Crippen LogP contribution in [0.3, 0.4) is 0 Å². The van der Waals surface area contributed by atoms with E-state index in [0.29, 0.717) is 22.6 Å². The maximum Gasteiger partial charge on any atom is 0.318 e. The Morgan fingerprint density at radius 3 is 1.50 bits per heavy atom. The van der Waals surface area contributed by atoms with Crippen molar-refractivity contribution in [2.45, 2.75) is 11.2 Å². The number of para-hydroxylation sites is 2. The molecule has 1 fully saturated rings. The van der Waals surface area contributed by atoms with Crippen molar-refractivity contribution in [3.63, 3.8) is 0 Å². The summed E-state index contributed by atoms with van der Waals surface area (Å²) in [5.41, 5.74) is -0.966. The third-order valence-corrected chi connectivity index (χ3v) is 5.91. The van der Waals surface area contributed by atoms with Crippen molar-refractivity contribution < 1.29 is 28.5 Å². The number of hydrogen-bond acceptors (Lipinski definition) is 6. The van der Waals surface area contributed by atoms with Crippen LogP contribution in [0.4, 0.5) is 0 Å². The fraction of sp³-hybridized carbons (Fsp3) is 0.300. The summed E-state index contributed by atoms with van der Waals surface area (Å²) in [4.78, 5) is 25.6. The van der Waals surface area contributed by atoms with E-state index in [2.05, 4.69) is 0 Å². The Morgan fingerprint density at radius 1 is 0.731 bits per heavy atom. The van der Waals surface area contributed by atoms with E-state index in [1.54, 1.807) is 24.3 Å². The molecule has 6 heteroatoms. The number of carbonyl (C=O) groups excluding carboxylic acids is 2. The molecule has 0 aromatic heterocycles. The SMILES string of the molecule is CO[C@]12c3ccccc3OC(=O)[C@H]1[C@H]1C(=O)Oc3ccccc3[C@]12OC. The minimum absolute atomic E-state index is 0.418. The number of carbonyl (C=O) groups is 2. The minimum atomic E-state index is -1.17. The minimum Gasteiger partial charge on any atom is -0.426 e. The van der Waals surface area contributed by atoms with Crippen molar-refractivity contribution in [2.75, 3.05) is 14.2 Å². The van der Waals surface area contributed by atoms with Gasteiger partial charge in [-0.25, -0.2) is 0 Å². The van der Waals surface area contributed by atoms with Gasteiger partial charge in [-0.15, -0.1) is 0 Å². The van der Waals surface area contributed by atoms with Crippen LogP contribution in [0.2, 0.25) is 0 Å². The van der Waals surface area contributed by atoms with Gasteiger partial charge in [0.05, 0.1) is 0 Å². The van der Waals surface area contributed by atoms with Crippen molar-refractivity contribution in [1.29, 1.82) is 0 Å². The van der Waals surface area contributed by atoms with Crippen molar-refractivity contribution in [1.82, 2.24) is 0 Å². The molecule has 0 spiro atoms. The second kappa shape index (κ2) is 4.93. The maximum atomic E-state index is 12.8. The van der Waals surface area contributed by atoms with Gasteiger partial charge in [0.1, 0.15) is 34.5 Å². The lowest BCUT2D eigenvalue weighted by molar-refractivity contribution is -0.336. The summed E-state index contributed by atoms with van der Waals surface area (Å²) in [5.74, 6) is -1.88. The zero-order valence-electron chi connectivity index (χ0n) is 14.2. The molecule has 5 rings (SSSR count). The molecule has 3 aliphatic rings. The molecule has 2 aromatic carbocycles. The lowest BCUT2D eigenvalue weighted by atomic mass is 9.44. The third-order valence-electron chi connectivity index (χ3n) is 5.91. The normalized spacial score (nSPS) is 33.6. The van der Waals surface area contributed by atoms with Gasteiger partial charge in [0, 0.05) is 25.3 Å². The van der Waals surface area contributed by atoms with E-state index in [4.69, 9.17) is 18.9 Å². The number of benzene rings is 2. The van der Waals surface area contributed by atoms with Crippen LogP contribution in [-0.4, -0.2) is 26.2 Å². The fourth-order valence-corrected chi connectivity index (χ4v) is 5.02. The largest absolute Gasteiger partial charge is 0.426 e. The van der Waals surface area contributed by atoms with Crippen LogP contribution in [0.1, 0.15) is 11.1 Å². The first-order chi connectivity index (χ1) is 12.6. The van der Waals surface area contributed by atoms with Crippen LogP contribution in [-0.2, 0) is 30.3 Å². The van der Waals surface area contributed by atoms with E-state index in [1.165, 1.54) is 14.2 Å². The summed E-state index contributed by atoms with van der Waals surface area (Å²) in [7, 11) is 3.06. The topological polar surface area (TPSA) is 71.1 Å². The highest BCUT2D eigenvalue weighted by atomic mass is 16.6. The van der Waals surface area contributed by atoms with E-state index >= 15 is 0 Å². The molecule has 132 valence electrons. The highest BCUT2D eigenvalue weighted by molar-refractivity contribution is 5.94. The van der Waals surface area contributed by atoms with E-state index in [0.717, 1.165) is 0 Å². The molecule has 0 saturated heterocycles. The molecule has 0 amide bonds. The average molecular weight is 352 g/mol. The number of esters is 2. The van der Waals surface area contributed by atoms with Crippen molar-refractivity contribution in [3.05, 3.63) is 59.7 Å². The van der Waals surface area contributed by atoms with Crippen molar-refractivity contribution in [3.8, 4) is 11.5 Å². The zero-order valence-corrected chi connectivity index (χ0v) is 14.2. The Hall–Kier alpha value is -2.70. The highest BCUT2D eigenvalue weighted by Crippen LogP contribution is 2.72. The number of rotatable bonds is 2. The number of ether oxygens (including phenoxy) is 4. The molecular weight excluding hydrogens is 336 g/mol. The molecule has 0 radical (unpaired) electrons. The summed E-state index contributed by atoms with van der Waals surface area (Å²) >= 11 is 0. The predicted molar refractivity (Wildman–Crippen MR) is 88.5 cm³/mol. The van der Waals surface area contributed by atoms with Gasteiger partial charge < -0.3 is 18.9 Å². The van der Waals surface area contributed by atoms with Crippen LogP contribution in [0.5, 0.6) is 11.5 Å². The van der Waals surface area contributed by atoms with Crippen LogP contribution in [0.15, 0.2) is 48.5 Å². The first kappa shape index (κ1) is 15.5. The van der Waals surface area contributed by atoms with E-state index in [-0.39, 0.29) is 0 Å². The van der Waals surface area contributed by atoms with Gasteiger partial charge in [-0.3, -0.25) is 9.59 Å². The van der Waals surface area contributed by atoms with Crippen LogP contribution < -0.4 is 9.47 Å². The van der Waals surface area contributed by atoms with Crippen molar-refractivity contribution >= 4 is 11.9 Å². The molecule has 1 aliphatic carbocycles. The number of fused-ring (bicyclic) bond motifs is 8. The van der Waals surface area contributed by atoms with Gasteiger partial charge in [0.2, 0.25) is 0 Å². The zero-order chi connectivity index (χ0) is 18.1. The van der Waals surface area contributed by atoms with Crippen LogP contribution in [0.25, 0.3) is 0 Å². The van der Waals surface area contributed by atoms with E-state index in [9.17, 15) is 9.59 Å². The smallest absolute Gasteiger partial charge is 0.318 e. The van der Waals surface area contributed by atoms with E-state index in [1.807, 2.05) is 24.3 Å². The lowest BCUT2D eigenvalue weighted by Crippen LogP contribution is -2.79. The quantitative estimate of drug-likeness (QED) is 0.609. The Morgan fingerprint density at radius 2 is 1.12 bits per heavy atom. The monoisotopic (exact) mass is 352 g/mol. The molecule has 0 bridgehead atoms. The van der Waals surface area contributed by atoms with Gasteiger partial charge >= 0.3 is 11.9 Å². The average Bonchev–Trinajstić information content (AvgIpc) is 2.63. The summed E-state index contributed by atoms with van der Waals surface area (Å²) in [6.07, 6.45) is 0. The second-order valence-electron chi connectivity index (χ2n) is 6.67. The molecule has 26 heavy (non-hydrogen) atoms. The Kier molecular flexibility index (Phi) is 2.95. The van der Waals surface area contributed by atoms with Gasteiger partial charge in [-0.2, -0.15) is 0 Å². The Labute approximate surface area is 149 Å². The molecule has 2 aromatic rings. The second-order valence-corrected chi connectivity index (χ2v) is 6.67. The van der Waals surface area contributed by atoms with Gasteiger partial charge in [-0.05, 0) is 12.1 Å². The first-order valence-corrected chi connectivity index (χ1v) is 8.34. The van der Waals surface area contributed by atoms with Crippen LogP contribution in [0, 0.1) is 11.8 Å². The van der Waals surface area contributed by atoms with Crippen LogP contribution >= 0.6 is 0 Å². The van der Waals surface area contributed by atoms with Gasteiger partial charge in [0.15, 0.2) is 0 Å². The third kappa shape index (κ3) is 1.43. The molecular formula is C20H16O6. The van der Waals surface area contributed by atoms with Gasteiger partial charge in [-0.1, -0.05) is 36.4 Å². The lowest BCUT2D eigenvalue weighted by Gasteiger charge is -2.67. The summed E-state index contributed by atoms with van der Waals surface area (Å²) in [5, 5.41) is 0. The summed E-state index contributed by atoms with van der Waals surface area (Å²) < 4.78 is 23.0. The molecule has 0 N–H and O–H groups in total. The summed E-state index contributed by atoms with van der Waals surface area (Å²) in [6.45, 7) is 0. The molecule has 2 aliphatic heterocycles. The highest BCUT2D eigenvalue weighted by Gasteiger charge is 2.83. The van der Waals surface area contributed by atoms with Gasteiger partial charge in [0.25, 0.3) is 0 Å². The maximum absolute atomic E-state index is 12.8. The summed E-state index contributed by atoms with van der Waals surface area (Å²) in [6, 6.07) is 14.4. The predicted octanol–water partition coefficient (Wildman–Crippen LogP) is 2.15. The fourth-order valence-electron chi connectivity index (χ4n) is 5.02. The first-order valence-electron chi connectivity index (χ1n) is 8.34. The molecule has 6 nitrogen and oxygen atoms in total. The molecule has 1 saturated carbocycles. The van der Waals surface area contributed by atoms with Crippen molar-refractivity contribution in [2.24, 2.45) is 11.8 Å². The molecule has 2 heterocycles. The van der Waals surface area contributed by atoms with E-state index < -0.39 is 35.0 Å². The Bertz CT molecular complexity index is 875. The molecule has 0 unspecified atom stereocenters. The molecule has 4 atom stereocenters. The standard InChI is InChI=1S/C20H16O6/c1-23-19-11-7-3-5-9-13(11)25-17(21)15(19)16-18(22)26-14-10-6-4-8-12(14)20(16,19)24-2/h3-10,15-16H,1-2H3/t15-,16+,19-,20+. The Balaban J connectivity index is 1.88. The number of methoxy groups -OCH3 is 2.